The van der Waals surface area contributed by atoms with Gasteiger partial charge in [-0.15, -0.1) is 11.6 Å². The summed E-state index contributed by atoms with van der Waals surface area (Å²) in [4.78, 5) is 0. The summed E-state index contributed by atoms with van der Waals surface area (Å²) < 4.78 is 4.87. The molecule has 0 radical (unpaired) electrons. The van der Waals surface area contributed by atoms with E-state index in [1.54, 1.807) is 7.11 Å². The van der Waals surface area contributed by atoms with Crippen LogP contribution >= 0.6 is 27.5 Å². The minimum absolute atomic E-state index is 0.117. The molecule has 0 aliphatic carbocycles. The third-order valence-electron chi connectivity index (χ3n) is 1.37. The second-order valence-corrected chi connectivity index (χ2v) is 3.95. The van der Waals surface area contributed by atoms with E-state index in [4.69, 9.17) is 16.3 Å². The van der Waals surface area contributed by atoms with Crippen LogP contribution in [0.3, 0.4) is 0 Å². The molecule has 0 saturated heterocycles. The van der Waals surface area contributed by atoms with Crippen LogP contribution in [0.4, 0.5) is 0 Å². The quantitative estimate of drug-likeness (QED) is 0.715. The van der Waals surface area contributed by atoms with Crippen LogP contribution in [-0.4, -0.2) is 7.11 Å². The lowest BCUT2D eigenvalue weighted by molar-refractivity contribution is 0.414. The first-order chi connectivity index (χ1) is 5.24. The van der Waals surface area contributed by atoms with E-state index in [2.05, 4.69) is 15.9 Å². The second kappa shape index (κ2) is 3.98. The Morgan fingerprint density at radius 2 is 1.91 bits per heavy atom. The van der Waals surface area contributed by atoms with Crippen LogP contribution in [0.25, 0.3) is 0 Å². The molecule has 1 atom stereocenters. The summed E-state index contributed by atoms with van der Waals surface area (Å²) in [5.74, 6) is 0.846. The number of ether oxygens (including phenoxy) is 1. The zero-order valence-corrected chi connectivity index (χ0v) is 8.39. The van der Waals surface area contributed by atoms with Crippen molar-refractivity contribution in [1.29, 1.82) is 0 Å². The normalized spacial score (nSPS) is 12.6. The van der Waals surface area contributed by atoms with Crippen LogP contribution in [0, 0.1) is 0 Å². The zero-order valence-electron chi connectivity index (χ0n) is 6.05. The minimum atomic E-state index is -0.117. The summed E-state index contributed by atoms with van der Waals surface area (Å²) in [5.41, 5.74) is 1.03. The van der Waals surface area contributed by atoms with Crippen LogP contribution in [0.1, 0.15) is 9.85 Å². The lowest BCUT2D eigenvalue weighted by atomic mass is 10.2. The molecule has 1 rings (SSSR count). The Morgan fingerprint density at radius 1 is 1.36 bits per heavy atom. The third kappa shape index (κ3) is 2.38. The molecule has 1 unspecified atom stereocenters. The lowest BCUT2D eigenvalue weighted by Crippen LogP contribution is -1.83. The fraction of sp³-hybridized carbons (Fsp3) is 0.250. The number of benzene rings is 1. The van der Waals surface area contributed by atoms with Crippen molar-refractivity contribution < 1.29 is 4.74 Å². The van der Waals surface area contributed by atoms with Gasteiger partial charge >= 0.3 is 0 Å². The average Bonchev–Trinajstić information content (AvgIpc) is 2.05. The van der Waals surface area contributed by atoms with Crippen LogP contribution in [-0.2, 0) is 0 Å². The highest BCUT2D eigenvalue weighted by Crippen LogP contribution is 2.27. The van der Waals surface area contributed by atoms with Crippen molar-refractivity contribution in [1.82, 2.24) is 0 Å². The maximum atomic E-state index is 5.77. The van der Waals surface area contributed by atoms with Crippen LogP contribution in [0.2, 0.25) is 0 Å². The van der Waals surface area contributed by atoms with Gasteiger partial charge in [-0.25, -0.2) is 0 Å². The molecule has 0 aliphatic rings. The van der Waals surface area contributed by atoms with Gasteiger partial charge in [-0.3, -0.25) is 0 Å². The maximum Gasteiger partial charge on any atom is 0.118 e. The fourth-order valence-electron chi connectivity index (χ4n) is 0.749. The summed E-state index contributed by atoms with van der Waals surface area (Å²) in [6.07, 6.45) is 0. The highest BCUT2D eigenvalue weighted by molar-refractivity contribution is 9.09. The second-order valence-electron chi connectivity index (χ2n) is 2.07. The van der Waals surface area contributed by atoms with Crippen molar-refractivity contribution in [3.8, 4) is 5.75 Å². The molecule has 0 aliphatic heterocycles. The molecule has 0 spiro atoms. The molecular formula is C8H8BrClO. The minimum Gasteiger partial charge on any atom is -0.497 e. The molecule has 60 valence electrons. The van der Waals surface area contributed by atoms with Crippen molar-refractivity contribution in [2.75, 3.05) is 7.11 Å². The monoisotopic (exact) mass is 234 g/mol. The Morgan fingerprint density at radius 3 is 2.27 bits per heavy atom. The Hall–Kier alpha value is -0.210. The number of methoxy groups -OCH3 is 1. The summed E-state index contributed by atoms with van der Waals surface area (Å²) in [6, 6.07) is 7.61. The summed E-state index contributed by atoms with van der Waals surface area (Å²) in [6.45, 7) is 0. The number of alkyl halides is 2. The molecule has 0 aromatic heterocycles. The Bertz CT molecular complexity index is 220. The van der Waals surface area contributed by atoms with Gasteiger partial charge in [-0.2, -0.15) is 0 Å². The van der Waals surface area contributed by atoms with Gasteiger partial charge < -0.3 is 4.74 Å². The molecule has 0 amide bonds. The molecular weight excluding hydrogens is 227 g/mol. The van der Waals surface area contributed by atoms with Crippen molar-refractivity contribution in [2.24, 2.45) is 0 Å². The highest BCUT2D eigenvalue weighted by atomic mass is 79.9. The van der Waals surface area contributed by atoms with Crippen molar-refractivity contribution in [3.05, 3.63) is 29.8 Å². The first-order valence-corrected chi connectivity index (χ1v) is 4.51. The van der Waals surface area contributed by atoms with E-state index in [9.17, 15) is 0 Å². The lowest BCUT2D eigenvalue weighted by Gasteiger charge is -2.02. The molecule has 0 bridgehead atoms. The molecule has 3 heteroatoms. The largest absolute Gasteiger partial charge is 0.497 e. The van der Waals surface area contributed by atoms with Gasteiger partial charge in [-0.1, -0.05) is 28.1 Å². The van der Waals surface area contributed by atoms with Crippen molar-refractivity contribution in [2.45, 2.75) is 4.29 Å². The zero-order chi connectivity index (χ0) is 8.27. The first kappa shape index (κ1) is 8.88. The summed E-state index contributed by atoms with van der Waals surface area (Å²) in [7, 11) is 1.64. The fourth-order valence-corrected chi connectivity index (χ4v) is 1.20. The number of hydrogen-bond acceptors (Lipinski definition) is 1. The smallest absolute Gasteiger partial charge is 0.118 e. The van der Waals surface area contributed by atoms with Gasteiger partial charge in [0.1, 0.15) is 10.0 Å². The molecule has 1 aromatic carbocycles. The number of rotatable bonds is 2. The highest BCUT2D eigenvalue weighted by Gasteiger charge is 2.01. The van der Waals surface area contributed by atoms with Crippen LogP contribution < -0.4 is 4.74 Å². The summed E-state index contributed by atoms with van der Waals surface area (Å²) >= 11 is 9.03. The van der Waals surface area contributed by atoms with Crippen LogP contribution in [0.15, 0.2) is 24.3 Å². The molecule has 0 fully saturated rings. The van der Waals surface area contributed by atoms with Crippen molar-refractivity contribution in [3.63, 3.8) is 0 Å². The van der Waals surface area contributed by atoms with Gasteiger partial charge in [-0.05, 0) is 17.7 Å². The van der Waals surface area contributed by atoms with E-state index >= 15 is 0 Å². The van der Waals surface area contributed by atoms with Crippen LogP contribution in [0.5, 0.6) is 5.75 Å². The molecule has 1 aromatic rings. The Kier molecular flexibility index (Phi) is 3.21. The van der Waals surface area contributed by atoms with Gasteiger partial charge in [0, 0.05) is 0 Å². The molecule has 1 nitrogen and oxygen atoms in total. The Balaban J connectivity index is 2.83. The van der Waals surface area contributed by atoms with E-state index in [0.717, 1.165) is 11.3 Å². The van der Waals surface area contributed by atoms with E-state index in [0.29, 0.717) is 0 Å². The van der Waals surface area contributed by atoms with E-state index in [1.807, 2.05) is 24.3 Å². The predicted octanol–water partition coefficient (Wildman–Crippen LogP) is 3.33. The molecule has 0 saturated carbocycles. The predicted molar refractivity (Wildman–Crippen MR) is 50.5 cm³/mol. The number of halogens is 2. The molecule has 11 heavy (non-hydrogen) atoms. The van der Waals surface area contributed by atoms with E-state index < -0.39 is 0 Å². The average molecular weight is 236 g/mol. The number of hydrogen-bond donors (Lipinski definition) is 0. The SMILES string of the molecule is COc1ccc(C(Cl)Br)cc1. The van der Waals surface area contributed by atoms with E-state index in [1.165, 1.54) is 0 Å². The molecule has 0 N–H and O–H groups in total. The van der Waals surface area contributed by atoms with Gasteiger partial charge in [0.25, 0.3) is 0 Å². The first-order valence-electron chi connectivity index (χ1n) is 3.16. The maximum absolute atomic E-state index is 5.77. The van der Waals surface area contributed by atoms with Gasteiger partial charge in [0.05, 0.1) is 7.11 Å². The topological polar surface area (TPSA) is 9.23 Å². The van der Waals surface area contributed by atoms with Gasteiger partial charge in [0.2, 0.25) is 0 Å². The summed E-state index contributed by atoms with van der Waals surface area (Å²) in [5, 5.41) is 0. The van der Waals surface area contributed by atoms with E-state index in [-0.39, 0.29) is 4.29 Å². The van der Waals surface area contributed by atoms with Gasteiger partial charge in [0.15, 0.2) is 0 Å². The molecule has 0 heterocycles. The Labute approximate surface area is 79.4 Å². The standard InChI is InChI=1S/C8H8BrClO/c1-11-7-4-2-6(3-5-7)8(9)10/h2-5,8H,1H3. The van der Waals surface area contributed by atoms with Crippen molar-refractivity contribution >= 4 is 27.5 Å². The third-order valence-corrected chi connectivity index (χ3v) is 2.15.